The maximum Gasteiger partial charge on any atom is 0.321 e. The molecule has 0 fully saturated rings. The first-order chi connectivity index (χ1) is 13.4. The second-order valence-electron chi connectivity index (χ2n) is 5.94. The lowest BCUT2D eigenvalue weighted by Gasteiger charge is -2.13. The minimum Gasteiger partial charge on any atom is -0.494 e. The second-order valence-corrected chi connectivity index (χ2v) is 5.94. The number of imide groups is 1. The number of nitrogens with one attached hydrogen (secondary N) is 2. The molecule has 7 nitrogen and oxygen atoms in total. The summed E-state index contributed by atoms with van der Waals surface area (Å²) in [7, 11) is 1.34. The van der Waals surface area contributed by atoms with E-state index < -0.39 is 29.8 Å². The van der Waals surface area contributed by atoms with Crippen molar-refractivity contribution in [1.29, 1.82) is 0 Å². The summed E-state index contributed by atoms with van der Waals surface area (Å²) in [6.45, 7) is 1.59. The Hall–Kier alpha value is -3.42. The van der Waals surface area contributed by atoms with Gasteiger partial charge in [0.1, 0.15) is 0 Å². The lowest BCUT2D eigenvalue weighted by Crippen LogP contribution is -2.44. The molecule has 8 heteroatoms. The molecule has 0 heterocycles. The SMILES string of the molecule is COc1ccc(CC(=O)O[C@@H](C)C(=O)NC(=O)NCc2ccccc2)cc1F. The van der Waals surface area contributed by atoms with Crippen LogP contribution in [0.15, 0.2) is 48.5 Å². The molecule has 28 heavy (non-hydrogen) atoms. The Morgan fingerprint density at radius 1 is 1.07 bits per heavy atom. The molecule has 0 aliphatic heterocycles. The minimum atomic E-state index is -1.18. The van der Waals surface area contributed by atoms with Crippen LogP contribution in [0, 0.1) is 5.82 Å². The van der Waals surface area contributed by atoms with E-state index in [1.54, 1.807) is 0 Å². The van der Waals surface area contributed by atoms with E-state index in [1.807, 2.05) is 30.3 Å². The summed E-state index contributed by atoms with van der Waals surface area (Å²) in [6, 6.07) is 12.5. The summed E-state index contributed by atoms with van der Waals surface area (Å²) in [5.74, 6) is -2.03. The van der Waals surface area contributed by atoms with Crippen LogP contribution in [-0.4, -0.2) is 31.1 Å². The molecule has 2 aromatic carbocycles. The third kappa shape index (κ3) is 6.39. The first kappa shape index (κ1) is 20.9. The molecule has 2 rings (SSSR count). The van der Waals surface area contributed by atoms with Crippen molar-refractivity contribution < 1.29 is 28.2 Å². The van der Waals surface area contributed by atoms with Gasteiger partial charge in [-0.1, -0.05) is 36.4 Å². The van der Waals surface area contributed by atoms with E-state index in [4.69, 9.17) is 9.47 Å². The number of benzene rings is 2. The number of carbonyl (C=O) groups excluding carboxylic acids is 3. The maximum atomic E-state index is 13.6. The number of carbonyl (C=O) groups is 3. The van der Waals surface area contributed by atoms with Crippen molar-refractivity contribution in [1.82, 2.24) is 10.6 Å². The van der Waals surface area contributed by atoms with Crippen LogP contribution >= 0.6 is 0 Å². The predicted octanol–water partition coefficient (Wildman–Crippen LogP) is 2.33. The van der Waals surface area contributed by atoms with Crippen LogP contribution in [0.4, 0.5) is 9.18 Å². The fourth-order valence-electron chi connectivity index (χ4n) is 2.31. The molecule has 0 saturated heterocycles. The summed E-state index contributed by atoms with van der Waals surface area (Å²) in [5, 5.41) is 4.63. The van der Waals surface area contributed by atoms with Gasteiger partial charge in [0.2, 0.25) is 0 Å². The Labute approximate surface area is 161 Å². The summed E-state index contributed by atoms with van der Waals surface area (Å²) >= 11 is 0. The summed E-state index contributed by atoms with van der Waals surface area (Å²) in [5.41, 5.74) is 1.24. The number of esters is 1. The molecule has 1 atom stereocenters. The summed E-state index contributed by atoms with van der Waals surface area (Å²) < 4.78 is 23.4. The van der Waals surface area contributed by atoms with Gasteiger partial charge in [0.25, 0.3) is 5.91 Å². The zero-order valence-electron chi connectivity index (χ0n) is 15.5. The van der Waals surface area contributed by atoms with Gasteiger partial charge in [-0.3, -0.25) is 14.9 Å². The van der Waals surface area contributed by atoms with E-state index in [0.29, 0.717) is 5.56 Å². The Balaban J connectivity index is 1.78. The van der Waals surface area contributed by atoms with Gasteiger partial charge in [0.15, 0.2) is 17.7 Å². The van der Waals surface area contributed by atoms with Crippen LogP contribution in [0.2, 0.25) is 0 Å². The van der Waals surface area contributed by atoms with Crippen molar-refractivity contribution in [2.24, 2.45) is 0 Å². The number of hydrogen-bond acceptors (Lipinski definition) is 5. The van der Waals surface area contributed by atoms with Crippen molar-refractivity contribution >= 4 is 17.9 Å². The number of amides is 3. The average molecular weight is 388 g/mol. The van der Waals surface area contributed by atoms with Gasteiger partial charge in [0.05, 0.1) is 13.5 Å². The maximum absolute atomic E-state index is 13.6. The molecule has 2 aromatic rings. The van der Waals surface area contributed by atoms with E-state index in [1.165, 1.54) is 26.2 Å². The molecule has 0 aromatic heterocycles. The molecule has 3 amide bonds. The molecular weight excluding hydrogens is 367 g/mol. The van der Waals surface area contributed by atoms with Gasteiger partial charge in [-0.25, -0.2) is 9.18 Å². The first-order valence-corrected chi connectivity index (χ1v) is 8.53. The van der Waals surface area contributed by atoms with E-state index >= 15 is 0 Å². The number of rotatable bonds is 7. The lowest BCUT2D eigenvalue weighted by atomic mass is 10.1. The highest BCUT2D eigenvalue weighted by atomic mass is 19.1. The van der Waals surface area contributed by atoms with Gasteiger partial charge in [-0.2, -0.15) is 0 Å². The van der Waals surface area contributed by atoms with Crippen LogP contribution in [0.3, 0.4) is 0 Å². The van der Waals surface area contributed by atoms with Crippen LogP contribution in [0.25, 0.3) is 0 Å². The van der Waals surface area contributed by atoms with Gasteiger partial charge >= 0.3 is 12.0 Å². The molecule has 0 spiro atoms. The van der Waals surface area contributed by atoms with E-state index in [-0.39, 0.29) is 18.7 Å². The number of hydrogen-bond donors (Lipinski definition) is 2. The van der Waals surface area contributed by atoms with Crippen molar-refractivity contribution in [3.63, 3.8) is 0 Å². The largest absolute Gasteiger partial charge is 0.494 e. The van der Waals surface area contributed by atoms with Crippen LogP contribution in [0.5, 0.6) is 5.75 Å². The fourth-order valence-corrected chi connectivity index (χ4v) is 2.31. The Morgan fingerprint density at radius 3 is 2.43 bits per heavy atom. The van der Waals surface area contributed by atoms with Gasteiger partial charge in [-0.05, 0) is 30.2 Å². The summed E-state index contributed by atoms with van der Waals surface area (Å²) in [4.78, 5) is 35.7. The van der Waals surface area contributed by atoms with Crippen LogP contribution in [0.1, 0.15) is 18.1 Å². The van der Waals surface area contributed by atoms with E-state index in [0.717, 1.165) is 11.6 Å². The third-order valence-electron chi connectivity index (χ3n) is 3.77. The summed E-state index contributed by atoms with van der Waals surface area (Å²) in [6.07, 6.45) is -1.41. The van der Waals surface area contributed by atoms with Crippen molar-refractivity contribution in [2.45, 2.75) is 26.0 Å². The van der Waals surface area contributed by atoms with Crippen molar-refractivity contribution in [2.75, 3.05) is 7.11 Å². The average Bonchev–Trinajstić information content (AvgIpc) is 2.67. The number of urea groups is 1. The smallest absolute Gasteiger partial charge is 0.321 e. The Bertz CT molecular complexity index is 842. The zero-order valence-corrected chi connectivity index (χ0v) is 15.5. The molecule has 0 aliphatic rings. The highest BCUT2D eigenvalue weighted by Gasteiger charge is 2.20. The monoisotopic (exact) mass is 388 g/mol. The Kier molecular flexibility index (Phi) is 7.50. The van der Waals surface area contributed by atoms with Crippen LogP contribution < -0.4 is 15.4 Å². The molecule has 0 unspecified atom stereocenters. The molecule has 2 N–H and O–H groups in total. The number of methoxy groups -OCH3 is 1. The van der Waals surface area contributed by atoms with Gasteiger partial charge < -0.3 is 14.8 Å². The lowest BCUT2D eigenvalue weighted by molar-refractivity contribution is -0.153. The highest BCUT2D eigenvalue weighted by molar-refractivity contribution is 5.97. The van der Waals surface area contributed by atoms with E-state index in [9.17, 15) is 18.8 Å². The second kappa shape index (κ2) is 10.1. The molecule has 148 valence electrons. The number of ether oxygens (including phenoxy) is 2. The van der Waals surface area contributed by atoms with Gasteiger partial charge in [0, 0.05) is 6.54 Å². The zero-order chi connectivity index (χ0) is 20.5. The molecule has 0 aliphatic carbocycles. The number of halogens is 1. The third-order valence-corrected chi connectivity index (χ3v) is 3.77. The van der Waals surface area contributed by atoms with Crippen LogP contribution in [-0.2, 0) is 27.3 Å². The van der Waals surface area contributed by atoms with Gasteiger partial charge in [-0.15, -0.1) is 0 Å². The minimum absolute atomic E-state index is 0.0615. The molecule has 0 bridgehead atoms. The predicted molar refractivity (Wildman–Crippen MR) is 99.0 cm³/mol. The standard InChI is InChI=1S/C20H21FN2O5/c1-13(19(25)23-20(26)22-12-14-6-4-3-5-7-14)28-18(24)11-15-8-9-17(27-2)16(21)10-15/h3-10,13H,11-12H2,1-2H3,(H2,22,23,25,26)/t13-/m0/s1. The van der Waals surface area contributed by atoms with E-state index in [2.05, 4.69) is 10.6 Å². The quantitative estimate of drug-likeness (QED) is 0.710. The molecule has 0 radical (unpaired) electrons. The fraction of sp³-hybridized carbons (Fsp3) is 0.250. The Morgan fingerprint density at radius 2 is 1.79 bits per heavy atom. The first-order valence-electron chi connectivity index (χ1n) is 8.53. The highest BCUT2D eigenvalue weighted by Crippen LogP contribution is 2.18. The topological polar surface area (TPSA) is 93.7 Å². The normalized spacial score (nSPS) is 11.2. The van der Waals surface area contributed by atoms with Crippen molar-refractivity contribution in [3.05, 3.63) is 65.5 Å². The molecule has 0 saturated carbocycles. The van der Waals surface area contributed by atoms with Crippen molar-refractivity contribution in [3.8, 4) is 5.75 Å². The molecular formula is C20H21FN2O5.